The summed E-state index contributed by atoms with van der Waals surface area (Å²) in [6, 6.07) is -0.750. The summed E-state index contributed by atoms with van der Waals surface area (Å²) < 4.78 is 0. The van der Waals surface area contributed by atoms with Crippen molar-refractivity contribution in [3.8, 4) is 0 Å². The van der Waals surface area contributed by atoms with E-state index in [2.05, 4.69) is 9.95 Å². The van der Waals surface area contributed by atoms with E-state index in [1.807, 2.05) is 0 Å². The lowest BCUT2D eigenvalue weighted by Gasteiger charge is -2.15. The highest BCUT2D eigenvalue weighted by Crippen LogP contribution is 2.11. The van der Waals surface area contributed by atoms with Crippen LogP contribution >= 0.6 is 0 Å². The molecule has 0 unspecified atom stereocenters. The second kappa shape index (κ2) is 6.34. The van der Waals surface area contributed by atoms with Crippen molar-refractivity contribution >= 4 is 12.1 Å². The maximum absolute atomic E-state index is 11.7. The second-order valence-electron chi connectivity index (χ2n) is 4.86. The summed E-state index contributed by atoms with van der Waals surface area (Å²) in [7, 11) is 0. The fourth-order valence-corrected chi connectivity index (χ4v) is 2.38. The Balaban J connectivity index is 1.85. The van der Waals surface area contributed by atoms with Gasteiger partial charge >= 0.3 is 12.1 Å². The number of likely N-dealkylation sites (tertiary alicyclic amines) is 2. The maximum Gasteiger partial charge on any atom is 0.654 e. The molecule has 2 heterocycles. The zero-order chi connectivity index (χ0) is 12.8. The average Bonchev–Trinajstić information content (AvgIpc) is 2.46. The predicted molar refractivity (Wildman–Crippen MR) is 68.4 cm³/mol. The topological polar surface area (TPSA) is 49.3 Å². The van der Waals surface area contributed by atoms with Gasteiger partial charge in [0.25, 0.3) is 0 Å². The van der Waals surface area contributed by atoms with Gasteiger partial charge in [-0.25, -0.2) is 9.80 Å². The van der Waals surface area contributed by atoms with Gasteiger partial charge in [-0.3, -0.25) is 0 Å². The molecule has 0 spiro atoms. The largest absolute Gasteiger partial charge is 0.654 e. The maximum atomic E-state index is 11.7. The molecular formula is C12H20N4O2+2. The number of carbonyl (C=O) groups is 2. The molecule has 4 amide bonds. The molecular weight excluding hydrogens is 232 g/mol. The molecule has 2 saturated heterocycles. The van der Waals surface area contributed by atoms with Crippen molar-refractivity contribution in [2.75, 3.05) is 26.2 Å². The van der Waals surface area contributed by atoms with Crippen molar-refractivity contribution in [1.82, 2.24) is 9.80 Å². The Hall–Kier alpha value is -1.64. The number of diazo groups is 1. The van der Waals surface area contributed by atoms with Gasteiger partial charge in [-0.2, -0.15) is 9.59 Å². The van der Waals surface area contributed by atoms with Crippen LogP contribution in [0.4, 0.5) is 9.59 Å². The summed E-state index contributed by atoms with van der Waals surface area (Å²) >= 11 is 0. The summed E-state index contributed by atoms with van der Waals surface area (Å²) in [5, 5.41) is 0. The van der Waals surface area contributed by atoms with E-state index in [0.717, 1.165) is 64.7 Å². The molecule has 0 aromatic rings. The molecule has 0 N–H and O–H groups in total. The number of amides is 4. The van der Waals surface area contributed by atoms with E-state index in [0.29, 0.717) is 0 Å². The van der Waals surface area contributed by atoms with Crippen LogP contribution in [0.1, 0.15) is 38.5 Å². The number of rotatable bonds is 0. The van der Waals surface area contributed by atoms with Gasteiger partial charge in [0.15, 0.2) is 0 Å². The summed E-state index contributed by atoms with van der Waals surface area (Å²) in [5.41, 5.74) is 0. The third-order valence-corrected chi connectivity index (χ3v) is 3.47. The molecule has 0 atom stereocenters. The molecule has 6 heteroatoms. The van der Waals surface area contributed by atoms with Crippen LogP contribution < -0.4 is 0 Å². The fraction of sp³-hybridized carbons (Fsp3) is 0.833. The monoisotopic (exact) mass is 252 g/mol. The van der Waals surface area contributed by atoms with E-state index in [-0.39, 0.29) is 12.1 Å². The minimum absolute atomic E-state index is 0.375. The van der Waals surface area contributed by atoms with Gasteiger partial charge in [0.05, 0.1) is 26.2 Å². The van der Waals surface area contributed by atoms with Crippen molar-refractivity contribution in [3.05, 3.63) is 9.95 Å². The average molecular weight is 252 g/mol. The third kappa shape index (κ3) is 3.42. The van der Waals surface area contributed by atoms with Gasteiger partial charge < -0.3 is 0 Å². The van der Waals surface area contributed by atoms with Gasteiger partial charge in [0.2, 0.25) is 0 Å². The smallest absolute Gasteiger partial charge is 0.206 e. The van der Waals surface area contributed by atoms with Crippen LogP contribution in [0, 0.1) is 0 Å². The van der Waals surface area contributed by atoms with Crippen LogP contribution in [0.5, 0.6) is 0 Å². The second-order valence-corrected chi connectivity index (χ2v) is 4.86. The van der Waals surface area contributed by atoms with Crippen LogP contribution in [0.2, 0.25) is 0 Å². The molecule has 0 bridgehead atoms. The first-order chi connectivity index (χ1) is 8.77. The number of nitrogens with zero attached hydrogens (tertiary/aromatic N) is 4. The molecule has 2 aliphatic heterocycles. The Kier molecular flexibility index (Phi) is 4.51. The van der Waals surface area contributed by atoms with Crippen LogP contribution in [-0.4, -0.2) is 48.0 Å². The summed E-state index contributed by atoms with van der Waals surface area (Å²) in [4.78, 5) is 33.8. The van der Waals surface area contributed by atoms with E-state index < -0.39 is 0 Å². The van der Waals surface area contributed by atoms with Crippen molar-refractivity contribution in [2.24, 2.45) is 0 Å². The lowest BCUT2D eigenvalue weighted by Crippen LogP contribution is -2.34. The lowest BCUT2D eigenvalue weighted by molar-refractivity contribution is 0.200. The Morgan fingerprint density at radius 1 is 0.611 bits per heavy atom. The number of urea groups is 2. The van der Waals surface area contributed by atoms with Gasteiger partial charge in [-0.1, -0.05) is 0 Å². The van der Waals surface area contributed by atoms with Crippen molar-refractivity contribution < 1.29 is 9.59 Å². The van der Waals surface area contributed by atoms with E-state index in [9.17, 15) is 9.59 Å². The van der Waals surface area contributed by atoms with E-state index in [1.54, 1.807) is 9.80 Å². The summed E-state index contributed by atoms with van der Waals surface area (Å²) in [6.45, 7) is 2.93. The summed E-state index contributed by atoms with van der Waals surface area (Å²) in [6.07, 6.45) is 6.38. The van der Waals surface area contributed by atoms with Crippen LogP contribution in [-0.2, 0) is 0 Å². The zero-order valence-corrected chi connectivity index (χ0v) is 10.7. The normalized spacial score (nSPS) is 20.0. The molecule has 2 aliphatic rings. The standard InChI is InChI=1S/C12H20N4O2/c17-11(15-7-3-1-4-8-15)13-14-12(18)16-9-5-2-6-10-16/h1-10H2/q+2. The van der Waals surface area contributed by atoms with Crippen molar-refractivity contribution in [1.29, 1.82) is 0 Å². The quantitative estimate of drug-likeness (QED) is 0.622. The molecule has 0 saturated carbocycles. The van der Waals surface area contributed by atoms with E-state index in [4.69, 9.17) is 0 Å². The highest BCUT2D eigenvalue weighted by atomic mass is 16.2. The molecule has 98 valence electrons. The Labute approximate surface area is 107 Å². The van der Waals surface area contributed by atoms with Gasteiger partial charge in [-0.05, 0) is 38.5 Å². The molecule has 2 rings (SSSR count). The van der Waals surface area contributed by atoms with Crippen LogP contribution in [0.15, 0.2) is 0 Å². The molecule has 0 aromatic heterocycles. The van der Waals surface area contributed by atoms with Gasteiger partial charge in [0, 0.05) is 0 Å². The lowest BCUT2D eigenvalue weighted by atomic mass is 10.1. The van der Waals surface area contributed by atoms with Crippen molar-refractivity contribution in [2.45, 2.75) is 38.5 Å². The highest BCUT2D eigenvalue weighted by molar-refractivity contribution is 5.91. The predicted octanol–water partition coefficient (Wildman–Crippen LogP) is 2.86. The molecule has 0 aliphatic carbocycles. The SMILES string of the molecule is O=C([N+]#[N+]C(=O)N1CCCCC1)N1CCCCC1. The zero-order valence-electron chi connectivity index (χ0n) is 10.7. The number of hydrogen-bond acceptors (Lipinski definition) is 2. The van der Waals surface area contributed by atoms with E-state index >= 15 is 0 Å². The van der Waals surface area contributed by atoms with Crippen LogP contribution in [0.25, 0.3) is 9.95 Å². The van der Waals surface area contributed by atoms with Gasteiger partial charge in [-0.15, -0.1) is 0 Å². The summed E-state index contributed by atoms with van der Waals surface area (Å²) in [5.74, 6) is 0. The third-order valence-electron chi connectivity index (χ3n) is 3.47. The Bertz CT molecular complexity index is 339. The molecule has 0 aromatic carbocycles. The minimum atomic E-state index is -0.375. The number of piperidine rings is 2. The first-order valence-corrected chi connectivity index (χ1v) is 6.77. The van der Waals surface area contributed by atoms with Crippen LogP contribution in [0.3, 0.4) is 0 Å². The first kappa shape index (κ1) is 12.8. The first-order valence-electron chi connectivity index (χ1n) is 6.77. The molecule has 2 fully saturated rings. The molecule has 6 nitrogen and oxygen atoms in total. The van der Waals surface area contributed by atoms with Gasteiger partial charge in [0.1, 0.15) is 9.95 Å². The van der Waals surface area contributed by atoms with Crippen molar-refractivity contribution in [3.63, 3.8) is 0 Å². The highest BCUT2D eigenvalue weighted by Gasteiger charge is 2.32. The minimum Gasteiger partial charge on any atom is -0.206 e. The Morgan fingerprint density at radius 3 is 1.28 bits per heavy atom. The Morgan fingerprint density at radius 2 is 0.944 bits per heavy atom. The number of carbonyl (C=O) groups excluding carboxylic acids is 2. The fourth-order valence-electron chi connectivity index (χ4n) is 2.38. The molecule has 18 heavy (non-hydrogen) atoms. The number of hydrogen-bond donors (Lipinski definition) is 0. The van der Waals surface area contributed by atoms with E-state index in [1.165, 1.54) is 0 Å². The molecule has 0 radical (unpaired) electrons.